The zero-order valence-corrected chi connectivity index (χ0v) is 10.5. The lowest BCUT2D eigenvalue weighted by Crippen LogP contribution is -2.39. The first-order chi connectivity index (χ1) is 8.40. The van der Waals surface area contributed by atoms with Crippen LogP contribution in [0.15, 0.2) is 0 Å². The fraction of sp³-hybridized carbons (Fsp3) is 0.727. The minimum absolute atomic E-state index is 0.0506. The van der Waals surface area contributed by atoms with Crippen molar-refractivity contribution in [3.05, 3.63) is 0 Å². The Morgan fingerprint density at radius 1 is 1.06 bits per heavy atom. The lowest BCUT2D eigenvalue weighted by molar-refractivity contribution is -0.165. The molecule has 18 heavy (non-hydrogen) atoms. The van der Waals surface area contributed by atoms with Crippen molar-refractivity contribution in [1.82, 2.24) is 0 Å². The standard InChI is InChI=1S/C11H16O7/c1-6(12)15-4-9-11(18-8(3)14)10(5-16-9)17-7(2)13/h9-11H,4-5H2,1-3H3. The SMILES string of the molecule is CC(=O)OCC1OCC(OC(C)=O)C1OC(C)=O. The molecule has 0 saturated carbocycles. The van der Waals surface area contributed by atoms with E-state index in [1.165, 1.54) is 20.8 Å². The van der Waals surface area contributed by atoms with Gasteiger partial charge in [-0.15, -0.1) is 0 Å². The molecule has 3 atom stereocenters. The maximum atomic E-state index is 11.0. The van der Waals surface area contributed by atoms with Crippen molar-refractivity contribution >= 4 is 17.9 Å². The van der Waals surface area contributed by atoms with Gasteiger partial charge in [-0.3, -0.25) is 14.4 Å². The largest absolute Gasteiger partial charge is 0.463 e. The molecule has 0 aromatic carbocycles. The van der Waals surface area contributed by atoms with Crippen LogP contribution in [0, 0.1) is 0 Å². The summed E-state index contributed by atoms with van der Waals surface area (Å²) in [5.74, 6) is -1.47. The summed E-state index contributed by atoms with van der Waals surface area (Å²) in [4.78, 5) is 32.6. The first-order valence-corrected chi connectivity index (χ1v) is 5.49. The van der Waals surface area contributed by atoms with Gasteiger partial charge in [0.2, 0.25) is 0 Å². The van der Waals surface area contributed by atoms with Crippen LogP contribution in [0.2, 0.25) is 0 Å². The normalized spacial score (nSPS) is 26.5. The molecule has 102 valence electrons. The summed E-state index contributed by atoms with van der Waals surface area (Å²) in [7, 11) is 0. The number of carbonyl (C=O) groups is 3. The van der Waals surface area contributed by atoms with Crippen molar-refractivity contribution in [3.63, 3.8) is 0 Å². The predicted molar refractivity (Wildman–Crippen MR) is 57.5 cm³/mol. The number of hydrogen-bond donors (Lipinski definition) is 0. The van der Waals surface area contributed by atoms with Crippen molar-refractivity contribution in [2.24, 2.45) is 0 Å². The molecule has 1 rings (SSSR count). The van der Waals surface area contributed by atoms with E-state index in [0.717, 1.165) is 0 Å². The number of hydrogen-bond acceptors (Lipinski definition) is 7. The van der Waals surface area contributed by atoms with Gasteiger partial charge in [0.25, 0.3) is 0 Å². The minimum atomic E-state index is -0.759. The van der Waals surface area contributed by atoms with Gasteiger partial charge >= 0.3 is 17.9 Å². The molecule has 7 nitrogen and oxygen atoms in total. The molecule has 1 aliphatic heterocycles. The third-order valence-corrected chi connectivity index (χ3v) is 2.28. The maximum Gasteiger partial charge on any atom is 0.303 e. The van der Waals surface area contributed by atoms with E-state index in [9.17, 15) is 14.4 Å². The number of carbonyl (C=O) groups excluding carboxylic acids is 3. The average Bonchev–Trinajstić information content (AvgIpc) is 2.57. The highest BCUT2D eigenvalue weighted by Crippen LogP contribution is 2.21. The van der Waals surface area contributed by atoms with E-state index in [1.54, 1.807) is 0 Å². The Balaban J connectivity index is 2.63. The van der Waals surface area contributed by atoms with E-state index in [4.69, 9.17) is 18.9 Å². The van der Waals surface area contributed by atoms with Crippen molar-refractivity contribution in [2.45, 2.75) is 39.1 Å². The molecule has 0 aromatic heterocycles. The van der Waals surface area contributed by atoms with Gasteiger partial charge in [-0.2, -0.15) is 0 Å². The van der Waals surface area contributed by atoms with Gasteiger partial charge in [0.1, 0.15) is 12.7 Å². The van der Waals surface area contributed by atoms with Crippen LogP contribution < -0.4 is 0 Å². The number of rotatable bonds is 4. The summed E-state index contributed by atoms with van der Waals surface area (Å²) in [6.07, 6.45) is -2.06. The predicted octanol–water partition coefficient (Wildman–Crippen LogP) is -0.188. The van der Waals surface area contributed by atoms with Crippen LogP contribution in [0.3, 0.4) is 0 Å². The number of esters is 3. The average molecular weight is 260 g/mol. The Hall–Kier alpha value is -1.63. The molecule has 0 bridgehead atoms. The molecule has 3 unspecified atom stereocenters. The van der Waals surface area contributed by atoms with E-state index < -0.39 is 36.2 Å². The molecule has 7 heteroatoms. The second-order valence-corrected chi connectivity index (χ2v) is 3.90. The van der Waals surface area contributed by atoms with Crippen molar-refractivity contribution in [2.75, 3.05) is 13.2 Å². The van der Waals surface area contributed by atoms with Crippen LogP contribution in [0.5, 0.6) is 0 Å². The Morgan fingerprint density at radius 2 is 1.67 bits per heavy atom. The molecule has 1 heterocycles. The van der Waals surface area contributed by atoms with Crippen LogP contribution in [-0.2, 0) is 33.3 Å². The van der Waals surface area contributed by atoms with Gasteiger partial charge < -0.3 is 18.9 Å². The molecule has 1 saturated heterocycles. The smallest absolute Gasteiger partial charge is 0.303 e. The van der Waals surface area contributed by atoms with Crippen LogP contribution >= 0.6 is 0 Å². The van der Waals surface area contributed by atoms with Crippen molar-refractivity contribution in [1.29, 1.82) is 0 Å². The Kier molecular flexibility index (Phi) is 5.08. The van der Waals surface area contributed by atoms with E-state index in [0.29, 0.717) is 0 Å². The fourth-order valence-electron chi connectivity index (χ4n) is 1.65. The van der Waals surface area contributed by atoms with Crippen LogP contribution in [-0.4, -0.2) is 49.4 Å². The zero-order valence-electron chi connectivity index (χ0n) is 10.5. The summed E-state index contributed by atoms with van der Waals surface area (Å²) in [5.41, 5.74) is 0. The van der Waals surface area contributed by atoms with E-state index in [2.05, 4.69) is 0 Å². The van der Waals surface area contributed by atoms with Gasteiger partial charge in [0, 0.05) is 20.8 Å². The molecule has 0 amide bonds. The van der Waals surface area contributed by atoms with Crippen LogP contribution in [0.25, 0.3) is 0 Å². The third kappa shape index (κ3) is 4.33. The van der Waals surface area contributed by atoms with Gasteiger partial charge in [0.05, 0.1) is 6.61 Å². The second-order valence-electron chi connectivity index (χ2n) is 3.90. The Labute approximate surface area is 104 Å². The first kappa shape index (κ1) is 14.4. The third-order valence-electron chi connectivity index (χ3n) is 2.28. The van der Waals surface area contributed by atoms with E-state index in [-0.39, 0.29) is 13.2 Å². The van der Waals surface area contributed by atoms with Crippen LogP contribution in [0.1, 0.15) is 20.8 Å². The fourth-order valence-corrected chi connectivity index (χ4v) is 1.65. The van der Waals surface area contributed by atoms with Gasteiger partial charge in [-0.05, 0) is 0 Å². The van der Waals surface area contributed by atoms with E-state index >= 15 is 0 Å². The molecular weight excluding hydrogens is 244 g/mol. The van der Waals surface area contributed by atoms with Crippen LogP contribution in [0.4, 0.5) is 0 Å². The molecule has 1 fully saturated rings. The summed E-state index contributed by atoms with van der Waals surface area (Å²) in [6, 6.07) is 0. The van der Waals surface area contributed by atoms with Crippen molar-refractivity contribution in [3.8, 4) is 0 Å². The lowest BCUT2D eigenvalue weighted by Gasteiger charge is -2.21. The zero-order chi connectivity index (χ0) is 13.7. The highest BCUT2D eigenvalue weighted by molar-refractivity contribution is 5.67. The molecule has 0 N–H and O–H groups in total. The van der Waals surface area contributed by atoms with E-state index in [1.807, 2.05) is 0 Å². The Morgan fingerprint density at radius 3 is 2.17 bits per heavy atom. The summed E-state index contributed by atoms with van der Waals surface area (Å²) < 4.78 is 20.1. The van der Waals surface area contributed by atoms with Gasteiger partial charge in [-0.25, -0.2) is 0 Å². The summed E-state index contributed by atoms with van der Waals surface area (Å²) >= 11 is 0. The molecule has 0 spiro atoms. The lowest BCUT2D eigenvalue weighted by atomic mass is 10.1. The highest BCUT2D eigenvalue weighted by atomic mass is 16.6. The van der Waals surface area contributed by atoms with Gasteiger partial charge in [-0.1, -0.05) is 0 Å². The highest BCUT2D eigenvalue weighted by Gasteiger charge is 2.42. The topological polar surface area (TPSA) is 88.1 Å². The number of ether oxygens (including phenoxy) is 4. The van der Waals surface area contributed by atoms with Crippen molar-refractivity contribution < 1.29 is 33.3 Å². The molecule has 0 aromatic rings. The summed E-state index contributed by atoms with van der Waals surface area (Å²) in [6.45, 7) is 3.81. The molecule has 1 aliphatic rings. The Bertz CT molecular complexity index is 338. The molecular formula is C11H16O7. The van der Waals surface area contributed by atoms with Gasteiger partial charge in [0.15, 0.2) is 12.2 Å². The molecule has 0 radical (unpaired) electrons. The quantitative estimate of drug-likeness (QED) is 0.511. The monoisotopic (exact) mass is 260 g/mol. The first-order valence-electron chi connectivity index (χ1n) is 5.49. The molecule has 0 aliphatic carbocycles. The maximum absolute atomic E-state index is 11.0. The summed E-state index contributed by atoms with van der Waals surface area (Å²) in [5, 5.41) is 0. The minimum Gasteiger partial charge on any atom is -0.463 e. The second kappa shape index (κ2) is 6.34.